The van der Waals surface area contributed by atoms with Crippen LogP contribution in [-0.2, 0) is 14.9 Å². The number of aromatic hydroxyl groups is 1. The Morgan fingerprint density at radius 3 is 2.58 bits per heavy atom. The van der Waals surface area contributed by atoms with Crippen LogP contribution in [-0.4, -0.2) is 17.7 Å². The summed E-state index contributed by atoms with van der Waals surface area (Å²) in [5.74, 6) is 0.0666. The molecule has 0 heterocycles. The van der Waals surface area contributed by atoms with Crippen LogP contribution < -0.4 is 0 Å². The molecular formula is C16H24O3. The molecule has 106 valence electrons. The summed E-state index contributed by atoms with van der Waals surface area (Å²) in [6, 6.07) is 7.37. The van der Waals surface area contributed by atoms with E-state index in [0.29, 0.717) is 12.4 Å². The zero-order valence-corrected chi connectivity index (χ0v) is 12.3. The molecule has 0 saturated carbocycles. The third-order valence-corrected chi connectivity index (χ3v) is 3.52. The number of phenols is 1. The number of phenolic OH excluding ortho intramolecular Hbond substituents is 1. The van der Waals surface area contributed by atoms with Crippen LogP contribution in [0.5, 0.6) is 5.75 Å². The van der Waals surface area contributed by atoms with Crippen LogP contribution in [0.1, 0.15) is 46.1 Å². The summed E-state index contributed by atoms with van der Waals surface area (Å²) in [4.78, 5) is 11.6. The van der Waals surface area contributed by atoms with Crippen molar-refractivity contribution in [1.82, 2.24) is 0 Å². The third-order valence-electron chi connectivity index (χ3n) is 3.52. The van der Waals surface area contributed by atoms with Crippen molar-refractivity contribution in [2.45, 2.75) is 46.0 Å². The third kappa shape index (κ3) is 4.27. The standard InChI is InChI=1S/C16H24O3/c1-5-19-15(18)12(2)10-11-16(3,4)13-8-6-7-9-14(13)17/h6-9,12,17H,5,10-11H2,1-4H3. The molecule has 0 saturated heterocycles. The number of esters is 1. The van der Waals surface area contributed by atoms with Crippen LogP contribution in [0, 0.1) is 5.92 Å². The van der Waals surface area contributed by atoms with Gasteiger partial charge in [-0.1, -0.05) is 39.0 Å². The number of hydrogen-bond acceptors (Lipinski definition) is 3. The van der Waals surface area contributed by atoms with Crippen LogP contribution in [0.2, 0.25) is 0 Å². The summed E-state index contributed by atoms with van der Waals surface area (Å²) < 4.78 is 5.01. The Kier molecular flexibility index (Phi) is 5.40. The normalized spacial score (nSPS) is 13.1. The monoisotopic (exact) mass is 264 g/mol. The second kappa shape index (κ2) is 6.60. The molecule has 1 unspecified atom stereocenters. The Morgan fingerprint density at radius 1 is 1.37 bits per heavy atom. The number of carbonyl (C=O) groups is 1. The van der Waals surface area contributed by atoms with Crippen molar-refractivity contribution < 1.29 is 14.6 Å². The first-order chi connectivity index (χ1) is 8.88. The van der Waals surface area contributed by atoms with Gasteiger partial charge in [-0.3, -0.25) is 4.79 Å². The molecule has 3 nitrogen and oxygen atoms in total. The maximum atomic E-state index is 11.6. The molecular weight excluding hydrogens is 240 g/mol. The van der Waals surface area contributed by atoms with E-state index in [4.69, 9.17) is 4.74 Å². The molecule has 0 bridgehead atoms. The zero-order valence-electron chi connectivity index (χ0n) is 12.3. The lowest BCUT2D eigenvalue weighted by atomic mass is 9.78. The zero-order chi connectivity index (χ0) is 14.5. The fourth-order valence-corrected chi connectivity index (χ4v) is 2.16. The van der Waals surface area contributed by atoms with Gasteiger partial charge < -0.3 is 9.84 Å². The first kappa shape index (κ1) is 15.5. The lowest BCUT2D eigenvalue weighted by Crippen LogP contribution is -2.21. The van der Waals surface area contributed by atoms with Crippen LogP contribution in [0.3, 0.4) is 0 Å². The van der Waals surface area contributed by atoms with Gasteiger partial charge in [0.2, 0.25) is 0 Å². The molecule has 0 fully saturated rings. The fourth-order valence-electron chi connectivity index (χ4n) is 2.16. The molecule has 0 aromatic heterocycles. The number of para-hydroxylation sites is 1. The molecule has 1 rings (SSSR count). The quantitative estimate of drug-likeness (QED) is 0.798. The average molecular weight is 264 g/mol. The van der Waals surface area contributed by atoms with Gasteiger partial charge in [-0.25, -0.2) is 0 Å². The van der Waals surface area contributed by atoms with Gasteiger partial charge in [0, 0.05) is 0 Å². The molecule has 0 radical (unpaired) electrons. The van der Waals surface area contributed by atoms with Crippen LogP contribution in [0.15, 0.2) is 24.3 Å². The van der Waals surface area contributed by atoms with Crippen molar-refractivity contribution in [1.29, 1.82) is 0 Å². The summed E-state index contributed by atoms with van der Waals surface area (Å²) in [6.07, 6.45) is 1.57. The summed E-state index contributed by atoms with van der Waals surface area (Å²) in [5.41, 5.74) is 0.762. The lowest BCUT2D eigenvalue weighted by molar-refractivity contribution is -0.147. The van der Waals surface area contributed by atoms with E-state index in [2.05, 4.69) is 13.8 Å². The van der Waals surface area contributed by atoms with Gasteiger partial charge >= 0.3 is 5.97 Å². The Labute approximate surface area is 115 Å². The molecule has 0 amide bonds. The molecule has 19 heavy (non-hydrogen) atoms. The number of hydrogen-bond donors (Lipinski definition) is 1. The summed E-state index contributed by atoms with van der Waals surface area (Å²) in [7, 11) is 0. The number of rotatable bonds is 6. The highest BCUT2D eigenvalue weighted by atomic mass is 16.5. The van der Waals surface area contributed by atoms with Crippen molar-refractivity contribution >= 4 is 5.97 Å². The average Bonchev–Trinajstić information content (AvgIpc) is 2.36. The predicted octanol–water partition coefficient (Wildman–Crippen LogP) is 3.65. The van der Waals surface area contributed by atoms with Crippen LogP contribution in [0.25, 0.3) is 0 Å². The smallest absolute Gasteiger partial charge is 0.308 e. The van der Waals surface area contributed by atoms with Gasteiger partial charge in [-0.2, -0.15) is 0 Å². The highest BCUT2D eigenvalue weighted by Crippen LogP contribution is 2.35. The minimum atomic E-state index is -0.161. The molecule has 3 heteroatoms. The van der Waals surface area contributed by atoms with Crippen molar-refractivity contribution in [2.24, 2.45) is 5.92 Å². The second-order valence-corrected chi connectivity index (χ2v) is 5.59. The van der Waals surface area contributed by atoms with Gasteiger partial charge in [-0.15, -0.1) is 0 Å². The molecule has 0 aliphatic rings. The van der Waals surface area contributed by atoms with Gasteiger partial charge in [-0.05, 0) is 36.8 Å². The fraction of sp³-hybridized carbons (Fsp3) is 0.562. The molecule has 1 aromatic rings. The summed E-state index contributed by atoms with van der Waals surface area (Å²) in [6.45, 7) is 8.29. The van der Waals surface area contributed by atoms with Gasteiger partial charge in [0.05, 0.1) is 12.5 Å². The van der Waals surface area contributed by atoms with E-state index in [9.17, 15) is 9.90 Å². The van der Waals surface area contributed by atoms with E-state index in [-0.39, 0.29) is 17.3 Å². The molecule has 1 aromatic carbocycles. The van der Waals surface area contributed by atoms with Crippen molar-refractivity contribution in [3.8, 4) is 5.75 Å². The highest BCUT2D eigenvalue weighted by Gasteiger charge is 2.25. The van der Waals surface area contributed by atoms with E-state index < -0.39 is 0 Å². The van der Waals surface area contributed by atoms with E-state index >= 15 is 0 Å². The molecule has 0 spiro atoms. The first-order valence-corrected chi connectivity index (χ1v) is 6.83. The van der Waals surface area contributed by atoms with Crippen molar-refractivity contribution in [2.75, 3.05) is 6.61 Å². The van der Waals surface area contributed by atoms with E-state index in [1.165, 1.54) is 0 Å². The second-order valence-electron chi connectivity index (χ2n) is 5.59. The Hall–Kier alpha value is -1.51. The summed E-state index contributed by atoms with van der Waals surface area (Å²) >= 11 is 0. The maximum absolute atomic E-state index is 11.6. The Balaban J connectivity index is 2.66. The summed E-state index contributed by atoms with van der Waals surface area (Å²) in [5, 5.41) is 9.91. The van der Waals surface area contributed by atoms with E-state index in [1.807, 2.05) is 32.0 Å². The predicted molar refractivity (Wildman–Crippen MR) is 76.2 cm³/mol. The first-order valence-electron chi connectivity index (χ1n) is 6.83. The Morgan fingerprint density at radius 2 is 2.00 bits per heavy atom. The number of benzene rings is 1. The minimum absolute atomic E-state index is 0.106. The Bertz CT molecular complexity index is 424. The van der Waals surface area contributed by atoms with Gasteiger partial charge in [0.25, 0.3) is 0 Å². The molecule has 0 aliphatic carbocycles. The topological polar surface area (TPSA) is 46.5 Å². The van der Waals surface area contributed by atoms with Gasteiger partial charge in [0.1, 0.15) is 5.75 Å². The van der Waals surface area contributed by atoms with Crippen LogP contribution >= 0.6 is 0 Å². The van der Waals surface area contributed by atoms with Crippen molar-refractivity contribution in [3.63, 3.8) is 0 Å². The van der Waals surface area contributed by atoms with Crippen LogP contribution in [0.4, 0.5) is 0 Å². The largest absolute Gasteiger partial charge is 0.508 e. The molecule has 1 N–H and O–H groups in total. The van der Waals surface area contributed by atoms with E-state index in [0.717, 1.165) is 18.4 Å². The lowest BCUT2D eigenvalue weighted by Gasteiger charge is -2.27. The maximum Gasteiger partial charge on any atom is 0.308 e. The number of carbonyl (C=O) groups excluding carboxylic acids is 1. The highest BCUT2D eigenvalue weighted by molar-refractivity contribution is 5.71. The number of ether oxygens (including phenoxy) is 1. The molecule has 1 atom stereocenters. The van der Waals surface area contributed by atoms with Gasteiger partial charge in [0.15, 0.2) is 0 Å². The van der Waals surface area contributed by atoms with Crippen molar-refractivity contribution in [3.05, 3.63) is 29.8 Å². The SMILES string of the molecule is CCOC(=O)C(C)CCC(C)(C)c1ccccc1O. The minimum Gasteiger partial charge on any atom is -0.508 e. The molecule has 0 aliphatic heterocycles. The van der Waals surface area contributed by atoms with E-state index in [1.54, 1.807) is 6.07 Å².